The maximum atomic E-state index is 2.73. The summed E-state index contributed by atoms with van der Waals surface area (Å²) in [5, 5.41) is 5.43. The number of hydrogen-bond donors (Lipinski definition) is 0. The molecule has 0 bridgehead atoms. The van der Waals surface area contributed by atoms with E-state index in [1.807, 2.05) is 0 Å². The second-order valence-corrected chi connectivity index (χ2v) is 17.3. The maximum Gasteiger partial charge on any atom is 0.0741 e. The first-order chi connectivity index (χ1) is 30.2. The molecular weight excluding hydrogens is 741 g/mol. The Morgan fingerprint density at radius 2 is 1.21 bits per heavy atom. The molecule has 61 heavy (non-hydrogen) atoms. The molecule has 0 saturated carbocycles. The van der Waals surface area contributed by atoms with Crippen LogP contribution in [0.1, 0.15) is 71.7 Å². The van der Waals surface area contributed by atoms with Crippen LogP contribution in [0.15, 0.2) is 146 Å². The van der Waals surface area contributed by atoms with Gasteiger partial charge in [-0.05, 0) is 141 Å². The van der Waals surface area contributed by atoms with Crippen LogP contribution in [0.4, 0.5) is 0 Å². The quantitative estimate of drug-likeness (QED) is 0.165. The largest absolute Gasteiger partial charge is 0.332 e. The topological polar surface area (TPSA) is 19.7 Å². The minimum Gasteiger partial charge on any atom is -0.332 e. The first kappa shape index (κ1) is 36.1. The predicted octanol–water partition coefficient (Wildman–Crippen LogP) is 12.5. The van der Waals surface area contributed by atoms with E-state index in [0.29, 0.717) is 0 Å². The lowest BCUT2D eigenvalue weighted by molar-refractivity contribution is 0.606. The van der Waals surface area contributed by atoms with Gasteiger partial charge >= 0.3 is 0 Å². The van der Waals surface area contributed by atoms with Crippen molar-refractivity contribution in [2.75, 3.05) is 0 Å². The smallest absolute Gasteiger partial charge is 0.0741 e. The molecule has 0 aliphatic heterocycles. The van der Waals surface area contributed by atoms with Gasteiger partial charge in [-0.15, -0.1) is 0 Å². The van der Waals surface area contributed by atoms with Gasteiger partial charge in [0.1, 0.15) is 0 Å². The van der Waals surface area contributed by atoms with Gasteiger partial charge in [0.15, 0.2) is 0 Å². The fourth-order valence-electron chi connectivity index (χ4n) is 11.3. The molecule has 5 aliphatic carbocycles. The van der Waals surface area contributed by atoms with Crippen LogP contribution in [0, 0.1) is 13.8 Å². The average Bonchev–Trinajstić information content (AvgIpc) is 3.68. The predicted molar refractivity (Wildman–Crippen MR) is 257 cm³/mol. The van der Waals surface area contributed by atoms with E-state index in [0.717, 1.165) is 44.9 Å². The van der Waals surface area contributed by atoms with E-state index in [1.165, 1.54) is 112 Å². The van der Waals surface area contributed by atoms with E-state index in [2.05, 4.69) is 196 Å². The fraction of sp³-hybridized carbons (Fsp3) is 0.193. The van der Waals surface area contributed by atoms with Gasteiger partial charge < -0.3 is 18.3 Å². The summed E-state index contributed by atoms with van der Waals surface area (Å²) in [4.78, 5) is 0. The van der Waals surface area contributed by atoms with Gasteiger partial charge in [-0.3, -0.25) is 0 Å². The first-order valence-corrected chi connectivity index (χ1v) is 22.4. The molecule has 1 unspecified atom stereocenters. The summed E-state index contributed by atoms with van der Waals surface area (Å²) in [6, 6.07) is 29.2. The van der Waals surface area contributed by atoms with Crippen molar-refractivity contribution in [2.24, 2.45) is 0 Å². The molecule has 0 amide bonds. The number of fused-ring (bicyclic) bond motifs is 9. The first-order valence-electron chi connectivity index (χ1n) is 22.4. The summed E-state index contributed by atoms with van der Waals surface area (Å²) >= 11 is 0. The summed E-state index contributed by atoms with van der Waals surface area (Å²) < 4.78 is 10.4. The van der Waals surface area contributed by atoms with Crippen molar-refractivity contribution in [3.05, 3.63) is 190 Å². The molecule has 7 aromatic rings. The number of nitrogens with zero attached hydrogens (tertiary/aromatic N) is 4. The van der Waals surface area contributed by atoms with Crippen molar-refractivity contribution in [2.45, 2.75) is 71.3 Å². The van der Waals surface area contributed by atoms with Crippen LogP contribution in [-0.4, -0.2) is 18.3 Å². The SMILES string of the molecule is Cc1c(-c2c(C)c3ccccc3n2C2=CCC(n3c4c(c5c3-c3c(c6c(n3-c3ccccc3)=CCCCC=6)CC5)CC=CC=C4)C=C2)n(C2=CCC=CC=C2)c2ccccc12. The molecule has 1 atom stereocenters. The highest BCUT2D eigenvalue weighted by Gasteiger charge is 2.34. The summed E-state index contributed by atoms with van der Waals surface area (Å²) in [7, 11) is 0. The number of aryl methyl sites for hydroxylation is 2. The van der Waals surface area contributed by atoms with Gasteiger partial charge in [0.2, 0.25) is 0 Å². The van der Waals surface area contributed by atoms with Gasteiger partial charge in [-0.2, -0.15) is 0 Å². The van der Waals surface area contributed by atoms with E-state index in [4.69, 9.17) is 0 Å². The molecule has 0 N–H and O–H groups in total. The van der Waals surface area contributed by atoms with Crippen molar-refractivity contribution in [3.8, 4) is 28.5 Å². The number of aromatic nitrogens is 4. The molecule has 0 saturated heterocycles. The molecule has 4 heteroatoms. The monoisotopic (exact) mass is 790 g/mol. The van der Waals surface area contributed by atoms with Gasteiger partial charge in [0.05, 0.1) is 39.9 Å². The fourth-order valence-corrected chi connectivity index (χ4v) is 11.3. The molecule has 12 rings (SSSR count). The summed E-state index contributed by atoms with van der Waals surface area (Å²) in [6.45, 7) is 4.63. The third-order valence-electron chi connectivity index (χ3n) is 14.0. The van der Waals surface area contributed by atoms with Crippen molar-refractivity contribution in [3.63, 3.8) is 0 Å². The molecule has 298 valence electrons. The van der Waals surface area contributed by atoms with Crippen LogP contribution in [0.2, 0.25) is 0 Å². The van der Waals surface area contributed by atoms with Crippen LogP contribution >= 0.6 is 0 Å². The van der Waals surface area contributed by atoms with E-state index < -0.39 is 0 Å². The van der Waals surface area contributed by atoms with E-state index in [9.17, 15) is 0 Å². The second kappa shape index (κ2) is 14.4. The molecule has 3 aromatic carbocycles. The standard InChI is InChI=1S/C57H50N4/c1-38-44-24-16-18-30-50(44)58(40-20-8-3-4-9-21-40)54(38)55-39(2)45-25-17-19-31-51(45)59(55)42-32-34-43(35-33-42)61-53-29-15-7-13-27-47(53)49-37-36-48-46-26-12-6-14-28-52(46)60(56(48)57(49)61)41-22-10-5-11-23-41/h3-5,7-8,10-11,13,15-26,28-34,43H,6,9,12,14,27,35-37H2,1-2H3. The Hall–Kier alpha value is -6.78. The van der Waals surface area contributed by atoms with Crippen molar-refractivity contribution < 1.29 is 0 Å². The zero-order valence-corrected chi connectivity index (χ0v) is 35.1. The lowest BCUT2D eigenvalue weighted by Gasteiger charge is -2.27. The normalized spacial score (nSPS) is 17.8. The number of hydrogen-bond acceptors (Lipinski definition) is 0. The highest BCUT2D eigenvalue weighted by Crippen LogP contribution is 2.46. The summed E-state index contributed by atoms with van der Waals surface area (Å²) in [5.41, 5.74) is 20.0. The Balaban J connectivity index is 1.05. The van der Waals surface area contributed by atoms with Gasteiger partial charge in [0, 0.05) is 38.9 Å². The van der Waals surface area contributed by atoms with Crippen molar-refractivity contribution in [1.29, 1.82) is 0 Å². The highest BCUT2D eigenvalue weighted by atomic mass is 15.1. The Bertz CT molecular complexity index is 3310. The number of para-hydroxylation sites is 3. The zero-order valence-electron chi connectivity index (χ0n) is 35.1. The average molecular weight is 791 g/mol. The number of allylic oxidation sites excluding steroid dienone is 13. The van der Waals surface area contributed by atoms with Crippen molar-refractivity contribution in [1.82, 2.24) is 18.3 Å². The third kappa shape index (κ3) is 5.51. The third-order valence-corrected chi connectivity index (χ3v) is 14.0. The van der Waals surface area contributed by atoms with Crippen molar-refractivity contribution >= 4 is 51.4 Å². The zero-order chi connectivity index (χ0) is 40.6. The van der Waals surface area contributed by atoms with E-state index >= 15 is 0 Å². The number of benzene rings is 3. The Kier molecular flexibility index (Phi) is 8.55. The minimum absolute atomic E-state index is 0.162. The molecule has 0 radical (unpaired) electrons. The van der Waals surface area contributed by atoms with Crippen LogP contribution < -0.4 is 10.6 Å². The van der Waals surface area contributed by atoms with Gasteiger partial charge in [-0.1, -0.05) is 121 Å². The second-order valence-electron chi connectivity index (χ2n) is 17.3. The van der Waals surface area contributed by atoms with E-state index in [-0.39, 0.29) is 6.04 Å². The Morgan fingerprint density at radius 1 is 0.541 bits per heavy atom. The molecule has 5 aliphatic rings. The molecule has 4 aromatic heterocycles. The van der Waals surface area contributed by atoms with Crippen LogP contribution in [0.5, 0.6) is 0 Å². The molecule has 0 spiro atoms. The Labute approximate surface area is 357 Å². The number of rotatable bonds is 5. The Morgan fingerprint density at radius 3 is 1.97 bits per heavy atom. The maximum absolute atomic E-state index is 2.73. The molecule has 4 heterocycles. The van der Waals surface area contributed by atoms with Crippen LogP contribution in [-0.2, 0) is 19.3 Å². The van der Waals surface area contributed by atoms with Crippen LogP contribution in [0.25, 0.3) is 79.9 Å². The van der Waals surface area contributed by atoms with Crippen LogP contribution in [0.3, 0.4) is 0 Å². The highest BCUT2D eigenvalue weighted by molar-refractivity contribution is 6.01. The molecule has 4 nitrogen and oxygen atoms in total. The lowest BCUT2D eigenvalue weighted by Crippen LogP contribution is -2.29. The summed E-state index contributed by atoms with van der Waals surface area (Å²) in [5.74, 6) is 0. The molecule has 0 fully saturated rings. The lowest BCUT2D eigenvalue weighted by atomic mass is 9.90. The van der Waals surface area contributed by atoms with Gasteiger partial charge in [0.25, 0.3) is 0 Å². The summed E-state index contributed by atoms with van der Waals surface area (Å²) in [6.07, 6.45) is 41.3. The van der Waals surface area contributed by atoms with Gasteiger partial charge in [-0.25, -0.2) is 0 Å². The van der Waals surface area contributed by atoms with E-state index in [1.54, 1.807) is 0 Å². The minimum atomic E-state index is 0.162. The molecular formula is C57H50N4.